The molecule has 0 aromatic heterocycles. The minimum absolute atomic E-state index is 0.102. The van der Waals surface area contributed by atoms with Crippen molar-refractivity contribution >= 4 is 23.0 Å². The standard InChI is InChI=1S/C14H18ClFN2O2/c1-8-3-4-12(9(2)5-8)17-13-6-10(15)11(16)7-14(13)18(19)20/h6-9,12,17H,3-5H2,1-2H3. The molecule has 0 spiro atoms. The molecule has 0 bridgehead atoms. The topological polar surface area (TPSA) is 55.2 Å². The fourth-order valence-electron chi connectivity index (χ4n) is 2.88. The van der Waals surface area contributed by atoms with Crippen molar-refractivity contribution < 1.29 is 9.31 Å². The highest BCUT2D eigenvalue weighted by Gasteiger charge is 2.27. The van der Waals surface area contributed by atoms with Crippen LogP contribution in [0, 0.1) is 27.8 Å². The second kappa shape index (κ2) is 5.95. The van der Waals surface area contributed by atoms with Gasteiger partial charge in [0.1, 0.15) is 11.5 Å². The summed E-state index contributed by atoms with van der Waals surface area (Å²) in [7, 11) is 0. The fourth-order valence-corrected chi connectivity index (χ4v) is 3.05. The van der Waals surface area contributed by atoms with Gasteiger partial charge in [-0.15, -0.1) is 0 Å². The number of anilines is 1. The highest BCUT2D eigenvalue weighted by Crippen LogP contribution is 2.35. The molecule has 2 rings (SSSR count). The van der Waals surface area contributed by atoms with Crippen molar-refractivity contribution in [1.82, 2.24) is 0 Å². The summed E-state index contributed by atoms with van der Waals surface area (Å²) in [5.74, 6) is 0.325. The van der Waals surface area contributed by atoms with E-state index in [9.17, 15) is 14.5 Å². The lowest BCUT2D eigenvalue weighted by Crippen LogP contribution is -2.33. The molecule has 1 aliphatic rings. The Balaban J connectivity index is 2.24. The number of nitrogens with zero attached hydrogens (tertiary/aromatic N) is 1. The molecule has 1 fully saturated rings. The molecule has 0 amide bonds. The first-order valence-electron chi connectivity index (χ1n) is 6.78. The van der Waals surface area contributed by atoms with Crippen molar-refractivity contribution in [3.8, 4) is 0 Å². The van der Waals surface area contributed by atoms with Crippen molar-refractivity contribution in [2.24, 2.45) is 11.8 Å². The molecule has 0 radical (unpaired) electrons. The fraction of sp³-hybridized carbons (Fsp3) is 0.571. The number of hydrogen-bond acceptors (Lipinski definition) is 3. The smallest absolute Gasteiger partial charge is 0.295 e. The molecule has 6 heteroatoms. The maximum atomic E-state index is 13.4. The lowest BCUT2D eigenvalue weighted by atomic mass is 9.80. The van der Waals surface area contributed by atoms with Crippen molar-refractivity contribution in [2.75, 3.05) is 5.32 Å². The van der Waals surface area contributed by atoms with Crippen LogP contribution in [0.2, 0.25) is 5.02 Å². The number of benzene rings is 1. The molecule has 0 aliphatic heterocycles. The summed E-state index contributed by atoms with van der Waals surface area (Å²) < 4.78 is 13.4. The van der Waals surface area contributed by atoms with Gasteiger partial charge in [-0.05, 0) is 37.2 Å². The van der Waals surface area contributed by atoms with Crippen LogP contribution in [0.4, 0.5) is 15.8 Å². The summed E-state index contributed by atoms with van der Waals surface area (Å²) in [5.41, 5.74) is 0.0329. The van der Waals surface area contributed by atoms with E-state index in [2.05, 4.69) is 19.2 Å². The van der Waals surface area contributed by atoms with Gasteiger partial charge >= 0.3 is 0 Å². The summed E-state index contributed by atoms with van der Waals surface area (Å²) in [6.45, 7) is 4.34. The van der Waals surface area contributed by atoms with Crippen LogP contribution in [0.15, 0.2) is 12.1 Å². The molecule has 1 N–H and O–H groups in total. The Morgan fingerprint density at radius 3 is 2.70 bits per heavy atom. The second-order valence-corrected chi connectivity index (χ2v) is 6.09. The number of nitrogens with one attached hydrogen (secondary N) is 1. The molecule has 0 heterocycles. The second-order valence-electron chi connectivity index (χ2n) is 5.69. The lowest BCUT2D eigenvalue weighted by molar-refractivity contribution is -0.384. The molecule has 110 valence electrons. The van der Waals surface area contributed by atoms with Crippen molar-refractivity contribution in [3.05, 3.63) is 33.1 Å². The first kappa shape index (κ1) is 15.0. The highest BCUT2D eigenvalue weighted by molar-refractivity contribution is 6.31. The third kappa shape index (κ3) is 3.20. The molecule has 1 aliphatic carbocycles. The van der Waals surface area contributed by atoms with E-state index in [0.29, 0.717) is 17.5 Å². The Hall–Kier alpha value is -1.36. The maximum Gasteiger partial charge on any atom is 0.295 e. The van der Waals surface area contributed by atoms with E-state index >= 15 is 0 Å². The summed E-state index contributed by atoms with van der Waals surface area (Å²) in [6.07, 6.45) is 3.12. The molecule has 20 heavy (non-hydrogen) atoms. The number of halogens is 2. The molecule has 3 atom stereocenters. The van der Waals surface area contributed by atoms with Gasteiger partial charge in [0.25, 0.3) is 5.69 Å². The molecular formula is C14H18ClFN2O2. The Kier molecular flexibility index (Phi) is 4.48. The van der Waals surface area contributed by atoms with Gasteiger partial charge in [0, 0.05) is 6.04 Å². The van der Waals surface area contributed by atoms with Gasteiger partial charge in [0.05, 0.1) is 16.0 Å². The van der Waals surface area contributed by atoms with E-state index in [1.54, 1.807) is 0 Å². The van der Waals surface area contributed by atoms with E-state index in [4.69, 9.17) is 11.6 Å². The Bertz CT molecular complexity index is 524. The number of rotatable bonds is 3. The average molecular weight is 301 g/mol. The van der Waals surface area contributed by atoms with E-state index < -0.39 is 10.7 Å². The Labute approximate surface area is 122 Å². The predicted octanol–water partition coefficient (Wildman–Crippen LogP) is 4.62. The van der Waals surface area contributed by atoms with Crippen LogP contribution in [0.1, 0.15) is 33.1 Å². The maximum absolute atomic E-state index is 13.4. The minimum Gasteiger partial charge on any atom is -0.376 e. The van der Waals surface area contributed by atoms with Gasteiger partial charge < -0.3 is 5.32 Å². The number of nitro groups is 1. The van der Waals surface area contributed by atoms with Gasteiger partial charge in [0.2, 0.25) is 0 Å². The van der Waals surface area contributed by atoms with E-state index in [0.717, 1.165) is 25.3 Å². The Morgan fingerprint density at radius 1 is 1.40 bits per heavy atom. The van der Waals surface area contributed by atoms with Crippen LogP contribution >= 0.6 is 11.6 Å². The molecule has 3 unspecified atom stereocenters. The lowest BCUT2D eigenvalue weighted by Gasteiger charge is -2.33. The first-order chi connectivity index (χ1) is 9.38. The first-order valence-corrected chi connectivity index (χ1v) is 7.16. The van der Waals surface area contributed by atoms with Crippen LogP contribution in [-0.2, 0) is 0 Å². The molecule has 0 saturated heterocycles. The van der Waals surface area contributed by atoms with Crippen molar-refractivity contribution in [2.45, 2.75) is 39.2 Å². The third-order valence-electron chi connectivity index (χ3n) is 4.01. The zero-order valence-corrected chi connectivity index (χ0v) is 12.3. The molecule has 1 saturated carbocycles. The molecular weight excluding hydrogens is 283 g/mol. The molecule has 4 nitrogen and oxygen atoms in total. The minimum atomic E-state index is -0.769. The van der Waals surface area contributed by atoms with Crippen molar-refractivity contribution in [1.29, 1.82) is 0 Å². The van der Waals surface area contributed by atoms with Crippen LogP contribution in [0.5, 0.6) is 0 Å². The highest BCUT2D eigenvalue weighted by atomic mass is 35.5. The van der Waals surface area contributed by atoms with Crippen LogP contribution in [0.25, 0.3) is 0 Å². The quantitative estimate of drug-likeness (QED) is 0.654. The number of hydrogen-bond donors (Lipinski definition) is 1. The van der Waals surface area contributed by atoms with Gasteiger partial charge in [-0.2, -0.15) is 0 Å². The third-order valence-corrected chi connectivity index (χ3v) is 4.30. The van der Waals surface area contributed by atoms with E-state index in [1.807, 2.05) is 0 Å². The number of nitro benzene ring substituents is 1. The van der Waals surface area contributed by atoms with Gasteiger partial charge in [-0.3, -0.25) is 10.1 Å². The Morgan fingerprint density at radius 2 is 2.10 bits per heavy atom. The van der Waals surface area contributed by atoms with Crippen LogP contribution in [0.3, 0.4) is 0 Å². The summed E-state index contributed by atoms with van der Waals surface area (Å²) >= 11 is 5.73. The zero-order chi connectivity index (χ0) is 14.9. The molecule has 1 aromatic carbocycles. The zero-order valence-electron chi connectivity index (χ0n) is 11.5. The van der Waals surface area contributed by atoms with Crippen molar-refractivity contribution in [3.63, 3.8) is 0 Å². The summed E-state index contributed by atoms with van der Waals surface area (Å²) in [4.78, 5) is 10.4. The van der Waals surface area contributed by atoms with Crippen LogP contribution in [-0.4, -0.2) is 11.0 Å². The normalized spacial score (nSPS) is 26.3. The largest absolute Gasteiger partial charge is 0.376 e. The van der Waals surface area contributed by atoms with E-state index in [1.165, 1.54) is 6.07 Å². The predicted molar refractivity (Wildman–Crippen MR) is 77.7 cm³/mol. The monoisotopic (exact) mass is 300 g/mol. The summed E-state index contributed by atoms with van der Waals surface area (Å²) in [6, 6.07) is 2.34. The van der Waals surface area contributed by atoms with Gasteiger partial charge in [-0.25, -0.2) is 4.39 Å². The van der Waals surface area contributed by atoms with E-state index in [-0.39, 0.29) is 16.8 Å². The SMILES string of the molecule is CC1CCC(Nc2cc(Cl)c(F)cc2[N+](=O)[O-])C(C)C1. The van der Waals surface area contributed by atoms with Gasteiger partial charge in [-0.1, -0.05) is 25.4 Å². The average Bonchev–Trinajstić information content (AvgIpc) is 2.36. The summed E-state index contributed by atoms with van der Waals surface area (Å²) in [5, 5.41) is 14.1. The van der Waals surface area contributed by atoms with Crippen LogP contribution < -0.4 is 5.32 Å². The molecule has 1 aromatic rings. The van der Waals surface area contributed by atoms with Gasteiger partial charge in [0.15, 0.2) is 0 Å².